The van der Waals surface area contributed by atoms with Crippen LogP contribution in [0.5, 0.6) is 0 Å². The zero-order chi connectivity index (χ0) is 15.4. The van der Waals surface area contributed by atoms with Crippen LogP contribution in [0.25, 0.3) is 0 Å². The lowest BCUT2D eigenvalue weighted by atomic mass is 10.1. The second-order valence-electron chi connectivity index (χ2n) is 6.39. The molecule has 0 bridgehead atoms. The number of thiophene rings is 1. The van der Waals surface area contributed by atoms with Crippen LogP contribution in [0.2, 0.25) is 0 Å². The predicted molar refractivity (Wildman–Crippen MR) is 88.3 cm³/mol. The molecule has 0 spiro atoms. The maximum Gasteiger partial charge on any atom is 0.241 e. The summed E-state index contributed by atoms with van der Waals surface area (Å²) in [5, 5.41) is 7.73. The molecule has 2 atom stereocenters. The fourth-order valence-electron chi connectivity index (χ4n) is 2.77. The van der Waals surface area contributed by atoms with Gasteiger partial charge in [-0.3, -0.25) is 10.1 Å². The highest BCUT2D eigenvalue weighted by atomic mass is 32.1. The van der Waals surface area contributed by atoms with Crippen molar-refractivity contribution in [1.82, 2.24) is 15.1 Å². The van der Waals surface area contributed by atoms with Crippen LogP contribution < -0.4 is 5.32 Å². The summed E-state index contributed by atoms with van der Waals surface area (Å²) in [6.45, 7) is 6.13. The summed E-state index contributed by atoms with van der Waals surface area (Å²) in [6, 6.07) is 2.06. The van der Waals surface area contributed by atoms with Crippen LogP contribution in [-0.4, -0.2) is 48.9 Å². The Morgan fingerprint density at radius 1 is 1.38 bits per heavy atom. The van der Waals surface area contributed by atoms with Crippen molar-refractivity contribution in [1.29, 1.82) is 0 Å². The maximum atomic E-state index is 12.6. The zero-order valence-corrected chi connectivity index (χ0v) is 14.3. The molecule has 1 aliphatic rings. The number of carbonyl (C=O) groups is 1. The van der Waals surface area contributed by atoms with Crippen molar-refractivity contribution >= 4 is 17.2 Å². The molecule has 0 aromatic carbocycles. The molecule has 1 aliphatic heterocycles. The third kappa shape index (κ3) is 4.05. The quantitative estimate of drug-likeness (QED) is 0.786. The fraction of sp³-hybridized carbons (Fsp3) is 0.688. The standard InChI is InChI=1S/C16H27N3OS/c1-12(2)14-16(20)19(9-6-5-8-18(3)4)15(17-14)13-7-10-21-11-13/h7,10-12,14-15,17H,5-6,8-9H2,1-4H3. The van der Waals surface area contributed by atoms with Crippen molar-refractivity contribution in [3.05, 3.63) is 22.4 Å². The van der Waals surface area contributed by atoms with Gasteiger partial charge in [0.2, 0.25) is 5.91 Å². The van der Waals surface area contributed by atoms with Gasteiger partial charge in [0, 0.05) is 6.54 Å². The molecule has 4 nitrogen and oxygen atoms in total. The van der Waals surface area contributed by atoms with Crippen molar-refractivity contribution in [3.63, 3.8) is 0 Å². The molecule has 5 heteroatoms. The highest BCUT2D eigenvalue weighted by Gasteiger charge is 2.40. The maximum absolute atomic E-state index is 12.6. The summed E-state index contributed by atoms with van der Waals surface area (Å²) in [4.78, 5) is 16.9. The molecule has 0 aliphatic carbocycles. The smallest absolute Gasteiger partial charge is 0.241 e. The Hall–Kier alpha value is -0.910. The van der Waals surface area contributed by atoms with Crippen LogP contribution in [0, 0.1) is 5.92 Å². The molecule has 21 heavy (non-hydrogen) atoms. The Balaban J connectivity index is 2.01. The second kappa shape index (κ2) is 7.38. The van der Waals surface area contributed by atoms with Crippen molar-refractivity contribution in [2.75, 3.05) is 27.2 Å². The number of nitrogens with zero attached hydrogens (tertiary/aromatic N) is 2. The molecular weight excluding hydrogens is 282 g/mol. The van der Waals surface area contributed by atoms with E-state index < -0.39 is 0 Å². The highest BCUT2D eigenvalue weighted by Crippen LogP contribution is 2.29. The van der Waals surface area contributed by atoms with Crippen molar-refractivity contribution in [3.8, 4) is 0 Å². The molecule has 0 radical (unpaired) electrons. The van der Waals surface area contributed by atoms with Gasteiger partial charge < -0.3 is 9.80 Å². The van der Waals surface area contributed by atoms with Crippen LogP contribution in [0.4, 0.5) is 0 Å². The third-order valence-electron chi connectivity index (χ3n) is 3.98. The molecule has 1 N–H and O–H groups in total. The number of nitrogens with one attached hydrogen (secondary N) is 1. The first-order valence-corrected chi connectivity index (χ1v) is 8.68. The van der Waals surface area contributed by atoms with Gasteiger partial charge in [0.1, 0.15) is 6.17 Å². The van der Waals surface area contributed by atoms with E-state index in [0.717, 1.165) is 25.9 Å². The first-order chi connectivity index (χ1) is 10.0. The van der Waals surface area contributed by atoms with E-state index in [-0.39, 0.29) is 18.1 Å². The van der Waals surface area contributed by atoms with Gasteiger partial charge in [-0.2, -0.15) is 11.3 Å². The molecule has 1 amide bonds. The van der Waals surface area contributed by atoms with Gasteiger partial charge in [0.15, 0.2) is 0 Å². The van der Waals surface area contributed by atoms with Crippen molar-refractivity contribution in [2.45, 2.75) is 38.9 Å². The van der Waals surface area contributed by atoms with E-state index in [0.29, 0.717) is 5.92 Å². The summed E-state index contributed by atoms with van der Waals surface area (Å²) in [5.41, 5.74) is 1.21. The lowest BCUT2D eigenvalue weighted by molar-refractivity contribution is -0.130. The number of carbonyl (C=O) groups excluding carboxylic acids is 1. The van der Waals surface area contributed by atoms with E-state index >= 15 is 0 Å². The molecule has 2 rings (SSSR count). The van der Waals surface area contributed by atoms with Gasteiger partial charge in [0.05, 0.1) is 6.04 Å². The van der Waals surface area contributed by atoms with Gasteiger partial charge in [-0.15, -0.1) is 0 Å². The van der Waals surface area contributed by atoms with E-state index in [9.17, 15) is 4.79 Å². The number of hydrogen-bond acceptors (Lipinski definition) is 4. The molecule has 0 saturated carbocycles. The Labute approximate surface area is 132 Å². The monoisotopic (exact) mass is 309 g/mol. The molecule has 2 unspecified atom stereocenters. The zero-order valence-electron chi connectivity index (χ0n) is 13.5. The molecule has 1 aromatic heterocycles. The molecule has 118 valence electrons. The Morgan fingerprint density at radius 2 is 2.14 bits per heavy atom. The predicted octanol–water partition coefficient (Wildman–Crippen LogP) is 2.54. The topological polar surface area (TPSA) is 35.6 Å². The lowest BCUT2D eigenvalue weighted by Crippen LogP contribution is -2.35. The Bertz CT molecular complexity index is 444. The Kier molecular flexibility index (Phi) is 5.79. The van der Waals surface area contributed by atoms with E-state index in [1.165, 1.54) is 5.56 Å². The first-order valence-electron chi connectivity index (χ1n) is 7.74. The van der Waals surface area contributed by atoms with E-state index in [2.05, 4.69) is 55.0 Å². The highest BCUT2D eigenvalue weighted by molar-refractivity contribution is 7.07. The largest absolute Gasteiger partial charge is 0.322 e. The summed E-state index contributed by atoms with van der Waals surface area (Å²) < 4.78 is 0. The van der Waals surface area contributed by atoms with Gasteiger partial charge in [-0.1, -0.05) is 13.8 Å². The third-order valence-corrected chi connectivity index (χ3v) is 4.68. The van der Waals surface area contributed by atoms with Crippen molar-refractivity contribution < 1.29 is 4.79 Å². The minimum Gasteiger partial charge on any atom is -0.322 e. The molecule has 2 heterocycles. The fourth-order valence-corrected chi connectivity index (χ4v) is 3.45. The number of rotatable bonds is 7. The van der Waals surface area contributed by atoms with Crippen LogP contribution >= 0.6 is 11.3 Å². The number of amides is 1. The summed E-state index contributed by atoms with van der Waals surface area (Å²) in [6.07, 6.45) is 2.23. The SMILES string of the molecule is CC(C)C1NC(c2ccsc2)N(CCCCN(C)C)C1=O. The van der Waals surface area contributed by atoms with Crippen LogP contribution in [0.3, 0.4) is 0 Å². The summed E-state index contributed by atoms with van der Waals surface area (Å²) in [5.74, 6) is 0.580. The van der Waals surface area contributed by atoms with Gasteiger partial charge in [-0.25, -0.2) is 0 Å². The summed E-state index contributed by atoms with van der Waals surface area (Å²) >= 11 is 1.69. The normalized spacial score (nSPS) is 22.8. The molecular formula is C16H27N3OS. The van der Waals surface area contributed by atoms with Gasteiger partial charge in [0.25, 0.3) is 0 Å². The minimum atomic E-state index is -0.0521. The average Bonchev–Trinajstić information content (AvgIpc) is 3.02. The van der Waals surface area contributed by atoms with E-state index in [1.54, 1.807) is 11.3 Å². The first kappa shape index (κ1) is 16.5. The number of unbranched alkanes of at least 4 members (excludes halogenated alkanes) is 1. The molecule has 1 fully saturated rings. The molecule has 1 aromatic rings. The average molecular weight is 309 g/mol. The van der Waals surface area contributed by atoms with Gasteiger partial charge in [-0.05, 0) is 61.8 Å². The summed E-state index contributed by atoms with van der Waals surface area (Å²) in [7, 11) is 4.18. The van der Waals surface area contributed by atoms with E-state index in [1.807, 2.05) is 4.90 Å². The number of hydrogen-bond donors (Lipinski definition) is 1. The Morgan fingerprint density at radius 3 is 2.71 bits per heavy atom. The van der Waals surface area contributed by atoms with Crippen LogP contribution in [0.1, 0.15) is 38.4 Å². The van der Waals surface area contributed by atoms with E-state index in [4.69, 9.17) is 0 Å². The van der Waals surface area contributed by atoms with Gasteiger partial charge >= 0.3 is 0 Å². The lowest BCUT2D eigenvalue weighted by Gasteiger charge is -2.24. The van der Waals surface area contributed by atoms with Crippen LogP contribution in [-0.2, 0) is 4.79 Å². The van der Waals surface area contributed by atoms with Crippen molar-refractivity contribution in [2.24, 2.45) is 5.92 Å². The molecule has 1 saturated heterocycles. The minimum absolute atomic E-state index is 0.0514. The second-order valence-corrected chi connectivity index (χ2v) is 7.17. The van der Waals surface area contributed by atoms with Crippen LogP contribution in [0.15, 0.2) is 16.8 Å².